The highest BCUT2D eigenvalue weighted by molar-refractivity contribution is 5.82. The highest BCUT2D eigenvalue weighted by Gasteiger charge is 2.11. The van der Waals surface area contributed by atoms with Crippen LogP contribution in [0.5, 0.6) is 0 Å². The second-order valence-corrected chi connectivity index (χ2v) is 4.12. The summed E-state index contributed by atoms with van der Waals surface area (Å²) in [5, 5.41) is 3.02. The van der Waals surface area contributed by atoms with Gasteiger partial charge in [0, 0.05) is 12.5 Å². The van der Waals surface area contributed by atoms with Crippen LogP contribution in [0.4, 0.5) is 8.78 Å². The van der Waals surface area contributed by atoms with E-state index in [0.29, 0.717) is 0 Å². The first-order chi connectivity index (χ1) is 8.04. The van der Waals surface area contributed by atoms with Gasteiger partial charge in [-0.25, -0.2) is 8.78 Å². The van der Waals surface area contributed by atoms with Crippen LogP contribution in [-0.4, -0.2) is 18.4 Å². The van der Waals surface area contributed by atoms with E-state index in [-0.39, 0.29) is 30.4 Å². The topological polar surface area (TPSA) is 29.1 Å². The Balaban J connectivity index is 2.54. The van der Waals surface area contributed by atoms with Crippen molar-refractivity contribution >= 4 is 5.78 Å². The third-order valence-electron chi connectivity index (χ3n) is 2.68. The maximum atomic E-state index is 13.3. The average Bonchev–Trinajstić information content (AvgIpc) is 2.32. The van der Waals surface area contributed by atoms with Gasteiger partial charge in [-0.3, -0.25) is 4.79 Å². The molecule has 0 saturated carbocycles. The van der Waals surface area contributed by atoms with Crippen LogP contribution in [0.25, 0.3) is 0 Å². The minimum atomic E-state index is -0.926. The molecule has 0 bridgehead atoms. The Morgan fingerprint density at radius 1 is 1.41 bits per heavy atom. The fraction of sp³-hybridized carbons (Fsp3) is 0.462. The third-order valence-corrected chi connectivity index (χ3v) is 2.68. The first-order valence-electron chi connectivity index (χ1n) is 5.72. The minimum Gasteiger partial charge on any atom is -0.307 e. The van der Waals surface area contributed by atoms with Crippen molar-refractivity contribution in [2.45, 2.75) is 32.7 Å². The summed E-state index contributed by atoms with van der Waals surface area (Å²) in [5.41, 5.74) is 0.112. The number of Topliss-reactive ketones (excluding diaryl/α,β-unsaturated/α-hetero) is 1. The standard InChI is InChI=1S/C13H17F2NO/c1-3-9(2)16-8-11(17)7-10-5-4-6-12(14)13(10)15/h4-6,9,16H,3,7-8H2,1-2H3. The smallest absolute Gasteiger partial charge is 0.162 e. The van der Waals surface area contributed by atoms with Crippen LogP contribution >= 0.6 is 0 Å². The van der Waals surface area contributed by atoms with E-state index >= 15 is 0 Å². The number of carbonyl (C=O) groups is 1. The normalized spacial score (nSPS) is 12.5. The third kappa shape index (κ3) is 4.23. The largest absolute Gasteiger partial charge is 0.307 e. The lowest BCUT2D eigenvalue weighted by molar-refractivity contribution is -0.117. The predicted molar refractivity (Wildman–Crippen MR) is 62.8 cm³/mol. The van der Waals surface area contributed by atoms with E-state index in [1.165, 1.54) is 12.1 Å². The van der Waals surface area contributed by atoms with E-state index in [4.69, 9.17) is 0 Å². The lowest BCUT2D eigenvalue weighted by Gasteiger charge is -2.10. The quantitative estimate of drug-likeness (QED) is 0.829. The van der Waals surface area contributed by atoms with Crippen LogP contribution in [0.15, 0.2) is 18.2 Å². The molecule has 0 radical (unpaired) electrons. The van der Waals surface area contributed by atoms with Crippen molar-refractivity contribution in [1.82, 2.24) is 5.32 Å². The Morgan fingerprint density at radius 3 is 2.76 bits per heavy atom. The Labute approximate surface area is 100 Å². The average molecular weight is 241 g/mol. The molecule has 1 unspecified atom stereocenters. The van der Waals surface area contributed by atoms with Crippen LogP contribution in [0.3, 0.4) is 0 Å². The van der Waals surface area contributed by atoms with E-state index in [1.54, 1.807) is 0 Å². The van der Waals surface area contributed by atoms with Crippen LogP contribution in [0.1, 0.15) is 25.8 Å². The van der Waals surface area contributed by atoms with Crippen LogP contribution in [0, 0.1) is 11.6 Å². The van der Waals surface area contributed by atoms with Gasteiger partial charge in [0.1, 0.15) is 0 Å². The van der Waals surface area contributed by atoms with Crippen molar-refractivity contribution in [2.75, 3.05) is 6.54 Å². The lowest BCUT2D eigenvalue weighted by Crippen LogP contribution is -2.31. The molecule has 0 heterocycles. The molecular weight excluding hydrogens is 224 g/mol. The molecule has 2 nitrogen and oxygen atoms in total. The number of carbonyl (C=O) groups excluding carboxylic acids is 1. The van der Waals surface area contributed by atoms with E-state index < -0.39 is 11.6 Å². The van der Waals surface area contributed by atoms with Gasteiger partial charge in [0.25, 0.3) is 0 Å². The fourth-order valence-corrected chi connectivity index (χ4v) is 1.39. The van der Waals surface area contributed by atoms with Crippen molar-refractivity contribution < 1.29 is 13.6 Å². The first kappa shape index (κ1) is 13.8. The van der Waals surface area contributed by atoms with Gasteiger partial charge in [-0.1, -0.05) is 19.1 Å². The number of hydrogen-bond donors (Lipinski definition) is 1. The fourth-order valence-electron chi connectivity index (χ4n) is 1.39. The molecule has 0 spiro atoms. The van der Waals surface area contributed by atoms with Gasteiger partial charge in [0.2, 0.25) is 0 Å². The summed E-state index contributed by atoms with van der Waals surface area (Å²) in [6.07, 6.45) is 0.842. The number of benzene rings is 1. The molecule has 0 aliphatic carbocycles. The molecule has 1 N–H and O–H groups in total. The van der Waals surface area contributed by atoms with Crippen molar-refractivity contribution in [3.05, 3.63) is 35.4 Å². The molecule has 1 aromatic rings. The second-order valence-electron chi connectivity index (χ2n) is 4.12. The Bertz CT molecular complexity index is 393. The first-order valence-corrected chi connectivity index (χ1v) is 5.72. The van der Waals surface area contributed by atoms with Crippen molar-refractivity contribution in [3.8, 4) is 0 Å². The van der Waals surface area contributed by atoms with Crippen LogP contribution in [0.2, 0.25) is 0 Å². The zero-order chi connectivity index (χ0) is 12.8. The predicted octanol–water partition coefficient (Wildman–Crippen LogP) is 2.46. The summed E-state index contributed by atoms with van der Waals surface area (Å²) in [6, 6.07) is 4.12. The zero-order valence-electron chi connectivity index (χ0n) is 10.1. The molecule has 1 rings (SSSR count). The summed E-state index contributed by atoms with van der Waals surface area (Å²) >= 11 is 0. The van der Waals surface area contributed by atoms with E-state index in [0.717, 1.165) is 12.5 Å². The maximum absolute atomic E-state index is 13.3. The Hall–Kier alpha value is -1.29. The van der Waals surface area contributed by atoms with Gasteiger partial charge in [0.15, 0.2) is 17.4 Å². The Kier molecular flexibility index (Phi) is 5.22. The molecule has 0 aliphatic rings. The molecule has 0 fully saturated rings. The SMILES string of the molecule is CCC(C)NCC(=O)Cc1cccc(F)c1F. The summed E-state index contributed by atoms with van der Waals surface area (Å²) in [4.78, 5) is 11.5. The van der Waals surface area contributed by atoms with Crippen molar-refractivity contribution in [3.63, 3.8) is 0 Å². The number of rotatable bonds is 6. The molecule has 94 valence electrons. The monoisotopic (exact) mass is 241 g/mol. The highest BCUT2D eigenvalue weighted by atomic mass is 19.2. The molecule has 1 atom stereocenters. The molecule has 0 amide bonds. The second kappa shape index (κ2) is 6.45. The minimum absolute atomic E-state index is 0.0764. The molecule has 1 aromatic carbocycles. The molecule has 0 aromatic heterocycles. The number of hydrogen-bond acceptors (Lipinski definition) is 2. The Morgan fingerprint density at radius 2 is 2.12 bits per heavy atom. The van der Waals surface area contributed by atoms with Gasteiger partial charge in [-0.2, -0.15) is 0 Å². The maximum Gasteiger partial charge on any atom is 0.162 e. The number of ketones is 1. The van der Waals surface area contributed by atoms with Gasteiger partial charge in [-0.05, 0) is 25.0 Å². The van der Waals surface area contributed by atoms with Crippen molar-refractivity contribution in [1.29, 1.82) is 0 Å². The van der Waals surface area contributed by atoms with Crippen molar-refractivity contribution in [2.24, 2.45) is 0 Å². The van der Waals surface area contributed by atoms with E-state index in [9.17, 15) is 13.6 Å². The zero-order valence-corrected chi connectivity index (χ0v) is 10.1. The number of nitrogens with one attached hydrogen (secondary N) is 1. The highest BCUT2D eigenvalue weighted by Crippen LogP contribution is 2.11. The summed E-state index contributed by atoms with van der Waals surface area (Å²) < 4.78 is 26.2. The van der Waals surface area contributed by atoms with Gasteiger partial charge >= 0.3 is 0 Å². The molecular formula is C13H17F2NO. The van der Waals surface area contributed by atoms with E-state index in [2.05, 4.69) is 5.32 Å². The van der Waals surface area contributed by atoms with Crippen LogP contribution in [-0.2, 0) is 11.2 Å². The number of halogens is 2. The summed E-state index contributed by atoms with van der Waals surface area (Å²) in [6.45, 7) is 4.16. The molecule has 0 saturated heterocycles. The van der Waals surface area contributed by atoms with Gasteiger partial charge < -0.3 is 5.32 Å². The lowest BCUT2D eigenvalue weighted by atomic mass is 10.1. The molecule has 17 heavy (non-hydrogen) atoms. The van der Waals surface area contributed by atoms with Gasteiger partial charge in [-0.15, -0.1) is 0 Å². The molecule has 0 aliphatic heterocycles. The summed E-state index contributed by atoms with van der Waals surface area (Å²) in [5.74, 6) is -1.98. The molecule has 4 heteroatoms. The van der Waals surface area contributed by atoms with E-state index in [1.807, 2.05) is 13.8 Å². The van der Waals surface area contributed by atoms with Crippen LogP contribution < -0.4 is 5.32 Å². The summed E-state index contributed by atoms with van der Waals surface area (Å²) in [7, 11) is 0. The van der Waals surface area contributed by atoms with Gasteiger partial charge in [0.05, 0.1) is 6.54 Å².